The lowest BCUT2D eigenvalue weighted by Crippen LogP contribution is -2.51. The Labute approximate surface area is 124 Å². The van der Waals surface area contributed by atoms with Gasteiger partial charge in [-0.05, 0) is 52.2 Å². The van der Waals surface area contributed by atoms with Crippen molar-refractivity contribution in [2.24, 2.45) is 0 Å². The highest BCUT2D eigenvalue weighted by molar-refractivity contribution is 9.10. The van der Waals surface area contributed by atoms with Gasteiger partial charge < -0.3 is 10.2 Å². The number of halogens is 2. The summed E-state index contributed by atoms with van der Waals surface area (Å²) >= 11 is 3.43. The van der Waals surface area contributed by atoms with Crippen LogP contribution < -0.4 is 5.32 Å². The van der Waals surface area contributed by atoms with Crippen LogP contribution in [0.25, 0.3) is 0 Å². The highest BCUT2D eigenvalue weighted by Crippen LogP contribution is 2.35. The molecule has 0 radical (unpaired) electrons. The average Bonchev–Trinajstić information content (AvgIpc) is 2.38. The van der Waals surface area contributed by atoms with Crippen LogP contribution in [0.2, 0.25) is 0 Å². The highest BCUT2D eigenvalue weighted by atomic mass is 79.9. The zero-order chi connectivity index (χ0) is 14.6. The van der Waals surface area contributed by atoms with Gasteiger partial charge in [0.05, 0.1) is 6.04 Å². The topological polar surface area (TPSA) is 15.3 Å². The number of benzene rings is 1. The Morgan fingerprint density at radius 3 is 2.47 bits per heavy atom. The summed E-state index contributed by atoms with van der Waals surface area (Å²) in [4.78, 5) is 2.17. The molecule has 0 aliphatic carbocycles. The van der Waals surface area contributed by atoms with E-state index in [0.29, 0.717) is 5.56 Å². The van der Waals surface area contributed by atoms with Crippen molar-refractivity contribution < 1.29 is 4.39 Å². The number of hydrogen-bond donors (Lipinski definition) is 1. The Hall–Kier alpha value is -0.450. The lowest BCUT2D eigenvalue weighted by molar-refractivity contribution is 0.112. The maximum atomic E-state index is 14.2. The molecular formula is C15H24BrFN2. The molecule has 1 aromatic rings. The van der Waals surface area contributed by atoms with Gasteiger partial charge in [0, 0.05) is 15.6 Å². The normalized spacial score (nSPS) is 16.4. The molecule has 0 saturated heterocycles. The van der Waals surface area contributed by atoms with Crippen LogP contribution >= 0.6 is 15.9 Å². The average molecular weight is 331 g/mol. The highest BCUT2D eigenvalue weighted by Gasteiger charge is 2.36. The molecule has 0 bridgehead atoms. The maximum Gasteiger partial charge on any atom is 0.128 e. The first kappa shape index (κ1) is 16.6. The predicted molar refractivity (Wildman–Crippen MR) is 82.9 cm³/mol. The quantitative estimate of drug-likeness (QED) is 0.849. The van der Waals surface area contributed by atoms with Crippen molar-refractivity contribution >= 4 is 15.9 Å². The molecule has 2 atom stereocenters. The molecule has 108 valence electrons. The molecule has 0 heterocycles. The minimum Gasteiger partial charge on any atom is -0.309 e. The smallest absolute Gasteiger partial charge is 0.128 e. The molecule has 0 spiro atoms. The van der Waals surface area contributed by atoms with Crippen LogP contribution in [0.1, 0.15) is 38.8 Å². The first-order chi connectivity index (χ1) is 8.86. The van der Waals surface area contributed by atoms with Gasteiger partial charge in [0.25, 0.3) is 0 Å². The summed E-state index contributed by atoms with van der Waals surface area (Å²) < 4.78 is 15.1. The predicted octanol–water partition coefficient (Wildman–Crippen LogP) is 3.97. The van der Waals surface area contributed by atoms with Gasteiger partial charge in [0.15, 0.2) is 0 Å². The van der Waals surface area contributed by atoms with Gasteiger partial charge in [-0.3, -0.25) is 0 Å². The Kier molecular flexibility index (Phi) is 5.96. The van der Waals surface area contributed by atoms with E-state index in [9.17, 15) is 4.39 Å². The van der Waals surface area contributed by atoms with Gasteiger partial charge in [-0.25, -0.2) is 4.39 Å². The van der Waals surface area contributed by atoms with Crippen LogP contribution in [0, 0.1) is 5.82 Å². The van der Waals surface area contributed by atoms with E-state index in [0.717, 1.165) is 17.4 Å². The van der Waals surface area contributed by atoms with Crippen molar-refractivity contribution in [3.8, 4) is 0 Å². The molecule has 2 unspecified atom stereocenters. The molecule has 0 aliphatic rings. The third-order valence-corrected chi connectivity index (χ3v) is 4.53. The summed E-state index contributed by atoms with van der Waals surface area (Å²) in [6.07, 6.45) is 0.934. The number of nitrogens with one attached hydrogen (secondary N) is 1. The summed E-state index contributed by atoms with van der Waals surface area (Å²) in [7, 11) is 4.09. The van der Waals surface area contributed by atoms with Crippen molar-refractivity contribution in [2.75, 3.05) is 20.6 Å². The summed E-state index contributed by atoms with van der Waals surface area (Å²) in [5, 5.41) is 3.44. The zero-order valence-corrected chi connectivity index (χ0v) is 14.0. The molecule has 4 heteroatoms. The van der Waals surface area contributed by atoms with Gasteiger partial charge in [-0.2, -0.15) is 0 Å². The van der Waals surface area contributed by atoms with Crippen molar-refractivity contribution in [3.63, 3.8) is 0 Å². The van der Waals surface area contributed by atoms with Crippen LogP contribution in [0.15, 0.2) is 22.7 Å². The van der Waals surface area contributed by atoms with Crippen molar-refractivity contribution in [3.05, 3.63) is 34.1 Å². The maximum absolute atomic E-state index is 14.2. The summed E-state index contributed by atoms with van der Waals surface area (Å²) in [5.74, 6) is -0.157. The van der Waals surface area contributed by atoms with Crippen LogP contribution in [0.5, 0.6) is 0 Å². The zero-order valence-electron chi connectivity index (χ0n) is 12.4. The van der Waals surface area contributed by atoms with E-state index in [2.05, 4.69) is 46.9 Å². The van der Waals surface area contributed by atoms with Gasteiger partial charge in [-0.1, -0.05) is 29.8 Å². The van der Waals surface area contributed by atoms with E-state index in [-0.39, 0.29) is 17.4 Å². The molecule has 19 heavy (non-hydrogen) atoms. The van der Waals surface area contributed by atoms with Crippen LogP contribution in [-0.4, -0.2) is 31.1 Å². The molecule has 1 aromatic carbocycles. The Morgan fingerprint density at radius 1 is 1.37 bits per heavy atom. The molecule has 0 fully saturated rings. The molecule has 0 amide bonds. The molecule has 0 aliphatic heterocycles. The van der Waals surface area contributed by atoms with Crippen LogP contribution in [0.4, 0.5) is 4.39 Å². The minimum atomic E-state index is -0.157. The summed E-state index contributed by atoms with van der Waals surface area (Å²) in [6.45, 7) is 7.16. The van der Waals surface area contributed by atoms with Crippen LogP contribution in [-0.2, 0) is 0 Å². The van der Waals surface area contributed by atoms with Crippen LogP contribution in [0.3, 0.4) is 0 Å². The van der Waals surface area contributed by atoms with Crippen molar-refractivity contribution in [2.45, 2.75) is 38.8 Å². The first-order valence-electron chi connectivity index (χ1n) is 6.72. The number of likely N-dealkylation sites (N-methyl/N-ethyl adjacent to an activating group) is 2. The largest absolute Gasteiger partial charge is 0.309 e. The molecule has 0 aromatic heterocycles. The monoisotopic (exact) mass is 330 g/mol. The fraction of sp³-hybridized carbons (Fsp3) is 0.600. The van der Waals surface area contributed by atoms with Crippen molar-refractivity contribution in [1.29, 1.82) is 0 Å². The van der Waals surface area contributed by atoms with Gasteiger partial charge in [-0.15, -0.1) is 0 Å². The number of nitrogens with zero attached hydrogens (tertiary/aromatic N) is 1. The summed E-state index contributed by atoms with van der Waals surface area (Å²) in [6, 6.07) is 5.09. The van der Waals surface area contributed by atoms with Gasteiger partial charge >= 0.3 is 0 Å². The lowest BCUT2D eigenvalue weighted by Gasteiger charge is -2.43. The molecule has 2 nitrogen and oxygen atoms in total. The third-order valence-electron chi connectivity index (χ3n) is 4.04. The summed E-state index contributed by atoms with van der Waals surface area (Å²) in [5.41, 5.74) is 0.576. The Bertz CT molecular complexity index is 423. The third kappa shape index (κ3) is 3.56. The van der Waals surface area contributed by atoms with E-state index in [1.54, 1.807) is 6.07 Å². The lowest BCUT2D eigenvalue weighted by atomic mass is 9.83. The Morgan fingerprint density at radius 2 is 2.00 bits per heavy atom. The van der Waals surface area contributed by atoms with E-state index >= 15 is 0 Å². The fourth-order valence-electron chi connectivity index (χ4n) is 2.38. The first-order valence-corrected chi connectivity index (χ1v) is 7.51. The molecule has 1 N–H and O–H groups in total. The van der Waals surface area contributed by atoms with Crippen molar-refractivity contribution in [1.82, 2.24) is 10.2 Å². The second-order valence-corrected chi connectivity index (χ2v) is 6.18. The number of rotatable bonds is 6. The Balaban J connectivity index is 3.30. The van der Waals surface area contributed by atoms with E-state index in [4.69, 9.17) is 0 Å². The minimum absolute atomic E-state index is 0.0463. The van der Waals surface area contributed by atoms with E-state index in [1.165, 1.54) is 6.07 Å². The van der Waals surface area contributed by atoms with Gasteiger partial charge in [0.2, 0.25) is 0 Å². The van der Waals surface area contributed by atoms with E-state index in [1.807, 2.05) is 20.2 Å². The number of hydrogen-bond acceptors (Lipinski definition) is 2. The fourth-order valence-corrected chi connectivity index (χ4v) is 2.76. The van der Waals surface area contributed by atoms with E-state index < -0.39 is 0 Å². The second kappa shape index (κ2) is 6.82. The standard InChI is InChI=1S/C15H24BrFN2/c1-6-15(3,19(4)5)14(18-7-2)12-10-11(16)8-9-13(12)17/h8-10,14,18H,6-7H2,1-5H3. The molecular weight excluding hydrogens is 307 g/mol. The SMILES string of the molecule is CCNC(c1cc(Br)ccc1F)C(C)(CC)N(C)C. The molecule has 1 rings (SSSR count). The second-order valence-electron chi connectivity index (χ2n) is 5.26. The van der Waals surface area contributed by atoms with Gasteiger partial charge in [0.1, 0.15) is 5.82 Å². The molecule has 0 saturated carbocycles.